The Morgan fingerprint density at radius 3 is 2.69 bits per heavy atom. The van der Waals surface area contributed by atoms with Crippen molar-refractivity contribution >= 4 is 35.0 Å². The van der Waals surface area contributed by atoms with E-state index in [4.69, 9.17) is 0 Å². The van der Waals surface area contributed by atoms with E-state index >= 15 is 0 Å². The number of thioether (sulfide) groups is 1. The molecule has 29 heavy (non-hydrogen) atoms. The Morgan fingerprint density at radius 2 is 1.93 bits per heavy atom. The van der Waals surface area contributed by atoms with Gasteiger partial charge < -0.3 is 5.32 Å². The zero-order valence-corrected chi connectivity index (χ0v) is 18.3. The zero-order chi connectivity index (χ0) is 20.8. The summed E-state index contributed by atoms with van der Waals surface area (Å²) in [5, 5.41) is 2.94. The first kappa shape index (κ1) is 21.4. The molecule has 2 amide bonds. The molecule has 4 nitrogen and oxygen atoms in total. The van der Waals surface area contributed by atoms with Gasteiger partial charge in [-0.25, -0.2) is 0 Å². The van der Waals surface area contributed by atoms with Gasteiger partial charge in [0.05, 0.1) is 5.75 Å². The van der Waals surface area contributed by atoms with Crippen molar-refractivity contribution in [2.24, 2.45) is 0 Å². The SMILES string of the molecule is CCCCCCC(=O)Nc1cccc([C@@H]2SCC(=O)N2c2ccc(C)c(C)c2)c1. The van der Waals surface area contributed by atoms with Crippen LogP contribution in [-0.2, 0) is 9.59 Å². The second kappa shape index (κ2) is 9.97. The van der Waals surface area contributed by atoms with Crippen molar-refractivity contribution in [3.05, 3.63) is 59.2 Å². The summed E-state index contributed by atoms with van der Waals surface area (Å²) in [6.07, 6.45) is 4.90. The van der Waals surface area contributed by atoms with E-state index in [0.717, 1.165) is 29.8 Å². The minimum absolute atomic E-state index is 0.0550. The van der Waals surface area contributed by atoms with Crippen molar-refractivity contribution in [3.63, 3.8) is 0 Å². The molecule has 3 rings (SSSR count). The maximum atomic E-state index is 12.6. The smallest absolute Gasteiger partial charge is 0.238 e. The largest absolute Gasteiger partial charge is 0.326 e. The van der Waals surface area contributed by atoms with Crippen LogP contribution in [0.5, 0.6) is 0 Å². The van der Waals surface area contributed by atoms with Gasteiger partial charge in [-0.1, -0.05) is 44.4 Å². The third-order valence-electron chi connectivity index (χ3n) is 5.35. The molecule has 1 aliphatic heterocycles. The summed E-state index contributed by atoms with van der Waals surface area (Å²) in [5.74, 6) is 0.638. The summed E-state index contributed by atoms with van der Waals surface area (Å²) >= 11 is 1.63. The average molecular weight is 411 g/mol. The van der Waals surface area contributed by atoms with Gasteiger partial charge in [-0.2, -0.15) is 0 Å². The molecule has 0 radical (unpaired) electrons. The number of nitrogens with zero attached hydrogens (tertiary/aromatic N) is 1. The molecule has 1 N–H and O–H groups in total. The molecular weight excluding hydrogens is 380 g/mol. The highest BCUT2D eigenvalue weighted by Gasteiger charge is 2.34. The normalized spacial score (nSPS) is 16.3. The van der Waals surface area contributed by atoms with E-state index in [0.29, 0.717) is 12.2 Å². The van der Waals surface area contributed by atoms with E-state index in [1.807, 2.05) is 35.2 Å². The first-order valence-electron chi connectivity index (χ1n) is 10.4. The Morgan fingerprint density at radius 1 is 1.10 bits per heavy atom. The highest BCUT2D eigenvalue weighted by molar-refractivity contribution is 8.00. The Hall–Kier alpha value is -2.27. The number of hydrogen-bond donors (Lipinski definition) is 1. The molecule has 0 aromatic heterocycles. The summed E-state index contributed by atoms with van der Waals surface area (Å²) in [4.78, 5) is 26.7. The number of amides is 2. The fourth-order valence-corrected chi connectivity index (χ4v) is 4.70. The van der Waals surface area contributed by atoms with Crippen molar-refractivity contribution in [1.29, 1.82) is 0 Å². The quantitative estimate of drug-likeness (QED) is 0.544. The Balaban J connectivity index is 1.74. The van der Waals surface area contributed by atoms with Gasteiger partial charge in [0.15, 0.2) is 0 Å². The summed E-state index contributed by atoms with van der Waals surface area (Å²) in [5.41, 5.74) is 5.15. The standard InChI is InChI=1S/C24H30N2O2S/c1-4-5-6-7-11-22(27)25-20-10-8-9-19(15-20)24-26(23(28)16-29-24)21-13-12-17(2)18(3)14-21/h8-10,12-15,24H,4-7,11,16H2,1-3H3,(H,25,27)/t24-/m0/s1. The van der Waals surface area contributed by atoms with Crippen LogP contribution >= 0.6 is 11.8 Å². The number of unbranched alkanes of at least 4 members (excludes halogenated alkanes) is 3. The molecule has 5 heteroatoms. The monoisotopic (exact) mass is 410 g/mol. The van der Waals surface area contributed by atoms with Crippen molar-refractivity contribution in [1.82, 2.24) is 0 Å². The van der Waals surface area contributed by atoms with Gasteiger partial charge in [-0.15, -0.1) is 11.8 Å². The Bertz CT molecular complexity index is 881. The van der Waals surface area contributed by atoms with E-state index in [1.54, 1.807) is 11.8 Å². The van der Waals surface area contributed by atoms with Crippen LogP contribution in [0.1, 0.15) is 61.1 Å². The molecule has 1 atom stereocenters. The number of carbonyl (C=O) groups is 2. The highest BCUT2D eigenvalue weighted by Crippen LogP contribution is 2.42. The van der Waals surface area contributed by atoms with Crippen LogP contribution in [0.25, 0.3) is 0 Å². The van der Waals surface area contributed by atoms with Gasteiger partial charge in [-0.05, 0) is 61.2 Å². The molecule has 0 unspecified atom stereocenters. The topological polar surface area (TPSA) is 49.4 Å². The van der Waals surface area contributed by atoms with Gasteiger partial charge in [0.1, 0.15) is 5.37 Å². The van der Waals surface area contributed by atoms with Gasteiger partial charge in [-0.3, -0.25) is 14.5 Å². The maximum Gasteiger partial charge on any atom is 0.238 e. The molecule has 1 saturated heterocycles. The lowest BCUT2D eigenvalue weighted by atomic mass is 10.1. The van der Waals surface area contributed by atoms with Crippen molar-refractivity contribution < 1.29 is 9.59 Å². The minimum Gasteiger partial charge on any atom is -0.326 e. The molecule has 1 aliphatic rings. The number of rotatable bonds is 8. The lowest BCUT2D eigenvalue weighted by Gasteiger charge is -2.25. The van der Waals surface area contributed by atoms with Gasteiger partial charge in [0.2, 0.25) is 11.8 Å². The van der Waals surface area contributed by atoms with Crippen LogP contribution < -0.4 is 10.2 Å². The lowest BCUT2D eigenvalue weighted by molar-refractivity contribution is -0.117. The van der Waals surface area contributed by atoms with Crippen LogP contribution in [0.15, 0.2) is 42.5 Å². The Kier molecular flexibility index (Phi) is 7.37. The third kappa shape index (κ3) is 5.41. The molecule has 0 spiro atoms. The van der Waals surface area contributed by atoms with Crippen LogP contribution in [0.2, 0.25) is 0 Å². The predicted octanol–water partition coefficient (Wildman–Crippen LogP) is 5.99. The van der Waals surface area contributed by atoms with Crippen LogP contribution in [0, 0.1) is 13.8 Å². The van der Waals surface area contributed by atoms with Crippen LogP contribution in [0.4, 0.5) is 11.4 Å². The fraction of sp³-hybridized carbons (Fsp3) is 0.417. The first-order valence-corrected chi connectivity index (χ1v) is 11.4. The molecule has 0 bridgehead atoms. The van der Waals surface area contributed by atoms with E-state index in [9.17, 15) is 9.59 Å². The second-order valence-electron chi connectivity index (χ2n) is 7.68. The molecule has 0 saturated carbocycles. The molecule has 0 aliphatic carbocycles. The number of nitrogens with one attached hydrogen (secondary N) is 1. The number of hydrogen-bond acceptors (Lipinski definition) is 3. The molecule has 154 valence electrons. The minimum atomic E-state index is -0.0778. The second-order valence-corrected chi connectivity index (χ2v) is 8.75. The van der Waals surface area contributed by atoms with Crippen molar-refractivity contribution in [3.8, 4) is 0 Å². The zero-order valence-electron chi connectivity index (χ0n) is 17.5. The molecule has 1 fully saturated rings. The maximum absolute atomic E-state index is 12.6. The first-order chi connectivity index (χ1) is 14.0. The van der Waals surface area contributed by atoms with Crippen LogP contribution in [-0.4, -0.2) is 17.6 Å². The van der Waals surface area contributed by atoms with Crippen molar-refractivity contribution in [2.45, 2.75) is 58.2 Å². The molecule has 2 aromatic carbocycles. The third-order valence-corrected chi connectivity index (χ3v) is 6.56. The lowest BCUT2D eigenvalue weighted by Crippen LogP contribution is -2.28. The summed E-state index contributed by atoms with van der Waals surface area (Å²) in [6.45, 7) is 6.31. The van der Waals surface area contributed by atoms with E-state index in [2.05, 4.69) is 38.2 Å². The van der Waals surface area contributed by atoms with E-state index in [-0.39, 0.29) is 17.2 Å². The van der Waals surface area contributed by atoms with Gasteiger partial charge in [0, 0.05) is 17.8 Å². The summed E-state index contributed by atoms with van der Waals surface area (Å²) in [7, 11) is 0. The highest BCUT2D eigenvalue weighted by atomic mass is 32.2. The number of anilines is 2. The van der Waals surface area contributed by atoms with Gasteiger partial charge >= 0.3 is 0 Å². The Labute approximate surface area is 178 Å². The fourth-order valence-electron chi connectivity index (χ4n) is 3.53. The molecule has 2 aromatic rings. The number of benzene rings is 2. The van der Waals surface area contributed by atoms with E-state index in [1.165, 1.54) is 24.0 Å². The van der Waals surface area contributed by atoms with E-state index < -0.39 is 0 Å². The summed E-state index contributed by atoms with van der Waals surface area (Å²) < 4.78 is 0. The van der Waals surface area contributed by atoms with Crippen molar-refractivity contribution in [2.75, 3.05) is 16.0 Å². The number of aryl methyl sites for hydroxylation is 2. The van der Waals surface area contributed by atoms with Crippen LogP contribution in [0.3, 0.4) is 0 Å². The number of carbonyl (C=O) groups excluding carboxylic acids is 2. The molecule has 1 heterocycles. The predicted molar refractivity (Wildman–Crippen MR) is 122 cm³/mol. The van der Waals surface area contributed by atoms with Gasteiger partial charge in [0.25, 0.3) is 0 Å². The average Bonchev–Trinajstić information content (AvgIpc) is 3.09. The summed E-state index contributed by atoms with van der Waals surface area (Å²) in [6, 6.07) is 14.0. The molecular formula is C24H30N2O2S.